The van der Waals surface area contributed by atoms with Crippen LogP contribution in [0, 0.1) is 0 Å². The lowest BCUT2D eigenvalue weighted by Gasteiger charge is -2.13. The normalized spacial score (nSPS) is 19.2. The van der Waals surface area contributed by atoms with Gasteiger partial charge < -0.3 is 15.7 Å². The maximum absolute atomic E-state index is 11.8. The van der Waals surface area contributed by atoms with Crippen molar-refractivity contribution in [2.75, 3.05) is 18.8 Å². The molecule has 0 radical (unpaired) electrons. The average molecular weight is 336 g/mol. The number of fused-ring (bicyclic) bond motifs is 1. The van der Waals surface area contributed by atoms with Gasteiger partial charge in [-0.3, -0.25) is 0 Å². The van der Waals surface area contributed by atoms with Crippen LogP contribution in [0.1, 0.15) is 23.8 Å². The fourth-order valence-electron chi connectivity index (χ4n) is 2.53. The molecule has 1 aromatic heterocycles. The van der Waals surface area contributed by atoms with Gasteiger partial charge in [-0.15, -0.1) is 11.3 Å². The second-order valence-corrected chi connectivity index (χ2v) is 7.95. The van der Waals surface area contributed by atoms with Crippen LogP contribution in [0.2, 0.25) is 0 Å². The number of thiophene rings is 1. The first-order chi connectivity index (χ1) is 10.7. The number of rotatable bonds is 5. The maximum Gasteiger partial charge on any atom is 0.314 e. The number of urea groups is 1. The largest absolute Gasteiger partial charge is 0.386 e. The number of thioether (sulfide) groups is 1. The minimum Gasteiger partial charge on any atom is -0.386 e. The van der Waals surface area contributed by atoms with E-state index in [0.717, 1.165) is 15.0 Å². The number of aliphatic hydroxyl groups is 1. The van der Waals surface area contributed by atoms with Crippen LogP contribution in [0.5, 0.6) is 0 Å². The standard InChI is InChI=1S/C16H20N2O2S2/c19-13(15-8-11-4-1-2-6-14(11)22-15)10-18-16(20)17-9-12-5-3-7-21-12/h1-2,4,6,8,12-13,19H,3,5,7,9-10H2,(H2,17,18,20). The van der Waals surface area contributed by atoms with Crippen molar-refractivity contribution in [3.63, 3.8) is 0 Å². The Morgan fingerprint density at radius 3 is 3.00 bits per heavy atom. The zero-order valence-corrected chi connectivity index (χ0v) is 13.9. The SMILES string of the molecule is O=C(NCC1CCCS1)NCC(O)c1cc2ccccc2s1. The lowest BCUT2D eigenvalue weighted by Crippen LogP contribution is -2.40. The predicted octanol–water partition coefficient (Wildman–Crippen LogP) is 3.13. The molecule has 2 amide bonds. The van der Waals surface area contributed by atoms with Gasteiger partial charge in [-0.25, -0.2) is 4.79 Å². The molecule has 3 N–H and O–H groups in total. The van der Waals surface area contributed by atoms with E-state index in [4.69, 9.17) is 0 Å². The zero-order chi connectivity index (χ0) is 15.4. The molecule has 2 aromatic rings. The third kappa shape index (κ3) is 3.94. The van der Waals surface area contributed by atoms with E-state index in [9.17, 15) is 9.90 Å². The average Bonchev–Trinajstić information content (AvgIpc) is 3.19. The van der Waals surface area contributed by atoms with Crippen molar-refractivity contribution in [2.24, 2.45) is 0 Å². The Morgan fingerprint density at radius 1 is 1.36 bits per heavy atom. The summed E-state index contributed by atoms with van der Waals surface area (Å²) < 4.78 is 1.15. The van der Waals surface area contributed by atoms with E-state index in [1.807, 2.05) is 42.1 Å². The van der Waals surface area contributed by atoms with Crippen LogP contribution in [0.4, 0.5) is 4.79 Å². The number of hydrogen-bond donors (Lipinski definition) is 3. The molecule has 2 unspecified atom stereocenters. The van der Waals surface area contributed by atoms with Crippen LogP contribution in [0.3, 0.4) is 0 Å². The second-order valence-electron chi connectivity index (χ2n) is 5.43. The molecular formula is C16H20N2O2S2. The van der Waals surface area contributed by atoms with Crippen molar-refractivity contribution in [3.05, 3.63) is 35.2 Å². The second kappa shape index (κ2) is 7.35. The van der Waals surface area contributed by atoms with Crippen molar-refractivity contribution in [2.45, 2.75) is 24.2 Å². The van der Waals surface area contributed by atoms with E-state index < -0.39 is 6.10 Å². The van der Waals surface area contributed by atoms with Gasteiger partial charge in [0.25, 0.3) is 0 Å². The highest BCUT2D eigenvalue weighted by molar-refractivity contribution is 8.00. The Bertz CT molecular complexity index is 605. The summed E-state index contributed by atoms with van der Waals surface area (Å²) >= 11 is 3.48. The van der Waals surface area contributed by atoms with Gasteiger partial charge in [0, 0.05) is 21.4 Å². The molecule has 22 heavy (non-hydrogen) atoms. The van der Waals surface area contributed by atoms with Gasteiger partial charge in [-0.2, -0.15) is 11.8 Å². The summed E-state index contributed by atoms with van der Waals surface area (Å²) in [6, 6.07) is 9.82. The number of hydrogen-bond acceptors (Lipinski definition) is 4. The molecular weight excluding hydrogens is 316 g/mol. The summed E-state index contributed by atoms with van der Waals surface area (Å²) in [5.74, 6) is 1.19. The number of benzene rings is 1. The van der Waals surface area contributed by atoms with Crippen molar-refractivity contribution in [3.8, 4) is 0 Å². The molecule has 1 aromatic carbocycles. The molecule has 1 aliphatic rings. The number of aliphatic hydroxyl groups excluding tert-OH is 1. The van der Waals surface area contributed by atoms with Gasteiger partial charge in [0.1, 0.15) is 6.10 Å². The number of amides is 2. The summed E-state index contributed by atoms with van der Waals surface area (Å²) in [5, 5.41) is 17.5. The first-order valence-electron chi connectivity index (χ1n) is 7.52. The van der Waals surface area contributed by atoms with Crippen LogP contribution >= 0.6 is 23.1 Å². The predicted molar refractivity (Wildman–Crippen MR) is 93.7 cm³/mol. The minimum atomic E-state index is -0.663. The van der Waals surface area contributed by atoms with E-state index >= 15 is 0 Å². The van der Waals surface area contributed by atoms with Crippen molar-refractivity contribution < 1.29 is 9.90 Å². The number of nitrogens with one attached hydrogen (secondary N) is 2. The van der Waals surface area contributed by atoms with Gasteiger partial charge in [0.05, 0.1) is 6.54 Å². The Hall–Kier alpha value is -1.24. The lowest BCUT2D eigenvalue weighted by molar-refractivity contribution is 0.176. The van der Waals surface area contributed by atoms with E-state index in [0.29, 0.717) is 11.8 Å². The summed E-state index contributed by atoms with van der Waals surface area (Å²) in [5.41, 5.74) is 0. The maximum atomic E-state index is 11.8. The van der Waals surface area contributed by atoms with Crippen LogP contribution < -0.4 is 10.6 Å². The van der Waals surface area contributed by atoms with Crippen LogP contribution in [-0.2, 0) is 0 Å². The molecule has 1 saturated heterocycles. The van der Waals surface area contributed by atoms with Gasteiger partial charge in [0.2, 0.25) is 0 Å². The zero-order valence-electron chi connectivity index (χ0n) is 12.2. The molecule has 2 atom stereocenters. The van der Waals surface area contributed by atoms with E-state index in [1.54, 1.807) is 11.3 Å². The number of carbonyl (C=O) groups excluding carboxylic acids is 1. The smallest absolute Gasteiger partial charge is 0.314 e. The van der Waals surface area contributed by atoms with Crippen molar-refractivity contribution >= 4 is 39.2 Å². The summed E-state index contributed by atoms with van der Waals surface area (Å²) in [6.45, 7) is 0.936. The first kappa shape index (κ1) is 15.6. The molecule has 118 valence electrons. The molecule has 2 heterocycles. The molecule has 3 rings (SSSR count). The highest BCUT2D eigenvalue weighted by atomic mass is 32.2. The van der Waals surface area contributed by atoms with Crippen molar-refractivity contribution in [1.82, 2.24) is 10.6 Å². The number of carbonyl (C=O) groups is 1. The Balaban J connectivity index is 1.46. The third-order valence-corrected chi connectivity index (χ3v) is 6.36. The van der Waals surface area contributed by atoms with E-state index in [2.05, 4.69) is 10.6 Å². The van der Waals surface area contributed by atoms with Crippen LogP contribution in [0.15, 0.2) is 30.3 Å². The molecule has 6 heteroatoms. The summed E-state index contributed by atoms with van der Waals surface area (Å²) in [4.78, 5) is 12.7. The topological polar surface area (TPSA) is 61.4 Å². The third-order valence-electron chi connectivity index (χ3n) is 3.74. The monoisotopic (exact) mass is 336 g/mol. The van der Waals surface area contributed by atoms with Crippen LogP contribution in [-0.4, -0.2) is 35.2 Å². The Labute approximate surface area is 138 Å². The van der Waals surface area contributed by atoms with Crippen molar-refractivity contribution in [1.29, 1.82) is 0 Å². The summed E-state index contributed by atoms with van der Waals surface area (Å²) in [7, 11) is 0. The molecule has 0 spiro atoms. The minimum absolute atomic E-state index is 0.201. The van der Waals surface area contributed by atoms with E-state index in [1.165, 1.54) is 18.6 Å². The fraction of sp³-hybridized carbons (Fsp3) is 0.438. The van der Waals surface area contributed by atoms with Gasteiger partial charge in [-0.1, -0.05) is 18.2 Å². The first-order valence-corrected chi connectivity index (χ1v) is 9.39. The highest BCUT2D eigenvalue weighted by Crippen LogP contribution is 2.29. The molecule has 0 saturated carbocycles. The molecule has 0 aliphatic carbocycles. The van der Waals surface area contributed by atoms with Crippen LogP contribution in [0.25, 0.3) is 10.1 Å². The molecule has 4 nitrogen and oxygen atoms in total. The summed E-state index contributed by atoms with van der Waals surface area (Å²) in [6.07, 6.45) is 1.75. The Morgan fingerprint density at radius 2 is 2.23 bits per heavy atom. The van der Waals surface area contributed by atoms with Gasteiger partial charge >= 0.3 is 6.03 Å². The lowest BCUT2D eigenvalue weighted by atomic mass is 10.2. The quantitative estimate of drug-likeness (QED) is 0.786. The Kier molecular flexibility index (Phi) is 5.23. The van der Waals surface area contributed by atoms with Gasteiger partial charge in [0.15, 0.2) is 0 Å². The van der Waals surface area contributed by atoms with E-state index in [-0.39, 0.29) is 12.6 Å². The molecule has 0 bridgehead atoms. The molecule has 1 aliphatic heterocycles. The fourth-order valence-corrected chi connectivity index (χ4v) is 4.78. The molecule has 1 fully saturated rings. The highest BCUT2D eigenvalue weighted by Gasteiger charge is 2.17. The van der Waals surface area contributed by atoms with Gasteiger partial charge in [-0.05, 0) is 36.1 Å².